The van der Waals surface area contributed by atoms with Gasteiger partial charge >= 0.3 is 0 Å². The summed E-state index contributed by atoms with van der Waals surface area (Å²) in [4.78, 5) is 0. The minimum absolute atomic E-state index is 0.663. The highest BCUT2D eigenvalue weighted by molar-refractivity contribution is 6.33. The minimum atomic E-state index is 0.663. The molecule has 0 spiro atoms. The third-order valence-corrected chi connectivity index (χ3v) is 2.86. The van der Waals surface area contributed by atoms with Gasteiger partial charge in [0, 0.05) is 12.6 Å². The molecule has 16 heavy (non-hydrogen) atoms. The third-order valence-electron chi connectivity index (χ3n) is 2.58. The molecule has 0 atom stereocenters. The lowest BCUT2D eigenvalue weighted by Gasteiger charge is -2.09. The van der Waals surface area contributed by atoms with Crippen LogP contribution in [0.1, 0.15) is 5.56 Å². The van der Waals surface area contributed by atoms with Crippen molar-refractivity contribution >= 4 is 11.6 Å². The van der Waals surface area contributed by atoms with Crippen molar-refractivity contribution in [1.82, 2.24) is 9.78 Å². The maximum atomic E-state index is 6.11. The van der Waals surface area contributed by atoms with Crippen LogP contribution in [-0.4, -0.2) is 16.9 Å². The van der Waals surface area contributed by atoms with Gasteiger partial charge in [-0.25, -0.2) is 0 Å². The van der Waals surface area contributed by atoms with E-state index in [1.165, 1.54) is 0 Å². The SMILES string of the molecule is COc1ccc(-c2c(Cl)cnn2C)c(C)c1. The largest absolute Gasteiger partial charge is 0.497 e. The summed E-state index contributed by atoms with van der Waals surface area (Å²) in [7, 11) is 3.54. The molecule has 4 heteroatoms. The zero-order valence-electron chi connectivity index (χ0n) is 9.49. The van der Waals surface area contributed by atoms with Crippen LogP contribution in [0.25, 0.3) is 11.3 Å². The maximum Gasteiger partial charge on any atom is 0.119 e. The van der Waals surface area contributed by atoms with Crippen LogP contribution in [0.3, 0.4) is 0 Å². The number of halogens is 1. The Morgan fingerprint density at radius 2 is 2.12 bits per heavy atom. The van der Waals surface area contributed by atoms with Crippen molar-refractivity contribution < 1.29 is 4.74 Å². The van der Waals surface area contributed by atoms with E-state index in [2.05, 4.69) is 5.10 Å². The van der Waals surface area contributed by atoms with Crippen LogP contribution in [0.2, 0.25) is 5.02 Å². The molecule has 0 aliphatic carbocycles. The fourth-order valence-corrected chi connectivity index (χ4v) is 2.01. The van der Waals surface area contributed by atoms with Crippen LogP contribution in [0.4, 0.5) is 0 Å². The van der Waals surface area contributed by atoms with Crippen LogP contribution in [0, 0.1) is 6.92 Å². The summed E-state index contributed by atoms with van der Waals surface area (Å²) in [6.45, 7) is 2.03. The van der Waals surface area contributed by atoms with E-state index in [9.17, 15) is 0 Å². The molecule has 0 unspecified atom stereocenters. The highest BCUT2D eigenvalue weighted by Crippen LogP contribution is 2.31. The Balaban J connectivity index is 2.57. The van der Waals surface area contributed by atoms with Crippen molar-refractivity contribution in [2.75, 3.05) is 7.11 Å². The lowest BCUT2D eigenvalue weighted by atomic mass is 10.1. The predicted molar refractivity (Wildman–Crippen MR) is 64.9 cm³/mol. The molecule has 3 nitrogen and oxygen atoms in total. The molecule has 0 saturated carbocycles. The lowest BCUT2D eigenvalue weighted by Crippen LogP contribution is -1.95. The van der Waals surface area contributed by atoms with Crippen molar-refractivity contribution in [3.63, 3.8) is 0 Å². The average molecular weight is 237 g/mol. The van der Waals surface area contributed by atoms with E-state index in [0.717, 1.165) is 22.6 Å². The smallest absolute Gasteiger partial charge is 0.119 e. The first-order valence-electron chi connectivity index (χ1n) is 4.96. The molecule has 0 aliphatic rings. The second-order valence-electron chi connectivity index (χ2n) is 3.65. The molecule has 1 aromatic heterocycles. The Morgan fingerprint density at radius 3 is 2.62 bits per heavy atom. The van der Waals surface area contributed by atoms with E-state index in [1.807, 2.05) is 32.2 Å². The molecule has 0 amide bonds. The second kappa shape index (κ2) is 4.18. The first-order valence-corrected chi connectivity index (χ1v) is 5.34. The molecule has 0 radical (unpaired) electrons. The summed E-state index contributed by atoms with van der Waals surface area (Å²) in [5, 5.41) is 4.79. The number of nitrogens with zero attached hydrogens (tertiary/aromatic N) is 2. The van der Waals surface area contributed by atoms with E-state index in [4.69, 9.17) is 16.3 Å². The number of rotatable bonds is 2. The summed E-state index contributed by atoms with van der Waals surface area (Å²) >= 11 is 6.11. The summed E-state index contributed by atoms with van der Waals surface area (Å²) in [5.41, 5.74) is 3.12. The highest BCUT2D eigenvalue weighted by Gasteiger charge is 2.11. The van der Waals surface area contributed by atoms with Crippen molar-refractivity contribution in [2.24, 2.45) is 7.05 Å². The summed E-state index contributed by atoms with van der Waals surface area (Å²) in [6.07, 6.45) is 1.65. The standard InChI is InChI=1S/C12H13ClN2O/c1-8-6-9(16-3)4-5-10(8)12-11(13)7-14-15(12)2/h4-7H,1-3H3. The van der Waals surface area contributed by atoms with Crippen LogP contribution in [0.15, 0.2) is 24.4 Å². The summed E-state index contributed by atoms with van der Waals surface area (Å²) < 4.78 is 6.95. The molecule has 2 rings (SSSR count). The van der Waals surface area contributed by atoms with Gasteiger partial charge in [0.1, 0.15) is 5.75 Å². The van der Waals surface area contributed by atoms with E-state index in [1.54, 1.807) is 18.0 Å². The van der Waals surface area contributed by atoms with Gasteiger partial charge in [-0.2, -0.15) is 5.10 Å². The Kier molecular flexibility index (Phi) is 2.88. The molecule has 2 aromatic rings. The van der Waals surface area contributed by atoms with E-state index in [-0.39, 0.29) is 0 Å². The highest BCUT2D eigenvalue weighted by atomic mass is 35.5. The first kappa shape index (κ1) is 11.0. The van der Waals surface area contributed by atoms with Gasteiger partial charge in [0.15, 0.2) is 0 Å². The molecule has 0 aliphatic heterocycles. The van der Waals surface area contributed by atoms with Gasteiger partial charge in [-0.1, -0.05) is 11.6 Å². The molecule has 0 fully saturated rings. The van der Waals surface area contributed by atoms with Gasteiger partial charge in [-0.15, -0.1) is 0 Å². The van der Waals surface area contributed by atoms with Crippen LogP contribution in [-0.2, 0) is 7.05 Å². The zero-order chi connectivity index (χ0) is 11.7. The fraction of sp³-hybridized carbons (Fsp3) is 0.250. The maximum absolute atomic E-state index is 6.11. The van der Waals surface area contributed by atoms with Gasteiger partial charge in [-0.05, 0) is 30.7 Å². The summed E-state index contributed by atoms with van der Waals surface area (Å²) in [5.74, 6) is 0.847. The zero-order valence-corrected chi connectivity index (χ0v) is 10.2. The van der Waals surface area contributed by atoms with Gasteiger partial charge in [-0.3, -0.25) is 4.68 Å². The Labute approximate surface area is 99.6 Å². The van der Waals surface area contributed by atoms with Gasteiger partial charge < -0.3 is 4.74 Å². The number of aromatic nitrogens is 2. The topological polar surface area (TPSA) is 27.1 Å². The Bertz CT molecular complexity index is 500. The monoisotopic (exact) mass is 236 g/mol. The number of aryl methyl sites for hydroxylation is 2. The van der Waals surface area contributed by atoms with E-state index >= 15 is 0 Å². The molecule has 0 saturated heterocycles. The molecular formula is C12H13ClN2O. The molecule has 84 valence electrons. The number of benzene rings is 1. The van der Waals surface area contributed by atoms with Crippen molar-refractivity contribution in [1.29, 1.82) is 0 Å². The Hall–Kier alpha value is -1.48. The first-order chi connectivity index (χ1) is 7.63. The number of hydrogen-bond donors (Lipinski definition) is 0. The molecule has 1 heterocycles. The van der Waals surface area contributed by atoms with Crippen molar-refractivity contribution in [2.45, 2.75) is 6.92 Å². The average Bonchev–Trinajstić information content (AvgIpc) is 2.59. The molecule has 1 aromatic carbocycles. The van der Waals surface area contributed by atoms with Crippen LogP contribution in [0.5, 0.6) is 5.75 Å². The summed E-state index contributed by atoms with van der Waals surface area (Å²) in [6, 6.07) is 5.90. The van der Waals surface area contributed by atoms with Gasteiger partial charge in [0.25, 0.3) is 0 Å². The number of ether oxygens (including phenoxy) is 1. The minimum Gasteiger partial charge on any atom is -0.497 e. The number of methoxy groups -OCH3 is 1. The van der Waals surface area contributed by atoms with Crippen LogP contribution >= 0.6 is 11.6 Å². The molecule has 0 bridgehead atoms. The normalized spacial score (nSPS) is 10.5. The van der Waals surface area contributed by atoms with Crippen LogP contribution < -0.4 is 4.74 Å². The van der Waals surface area contributed by atoms with E-state index < -0.39 is 0 Å². The quantitative estimate of drug-likeness (QED) is 0.801. The predicted octanol–water partition coefficient (Wildman–Crippen LogP) is 3.06. The lowest BCUT2D eigenvalue weighted by molar-refractivity contribution is 0.414. The Morgan fingerprint density at radius 1 is 1.38 bits per heavy atom. The van der Waals surface area contributed by atoms with Crippen molar-refractivity contribution in [3.05, 3.63) is 35.0 Å². The van der Waals surface area contributed by atoms with Gasteiger partial charge in [0.2, 0.25) is 0 Å². The van der Waals surface area contributed by atoms with E-state index in [0.29, 0.717) is 5.02 Å². The van der Waals surface area contributed by atoms with Gasteiger partial charge in [0.05, 0.1) is 24.0 Å². The fourth-order valence-electron chi connectivity index (χ4n) is 1.74. The molecular weight excluding hydrogens is 224 g/mol. The number of hydrogen-bond acceptors (Lipinski definition) is 2. The molecule has 0 N–H and O–H groups in total. The third kappa shape index (κ3) is 1.78. The van der Waals surface area contributed by atoms with Crippen molar-refractivity contribution in [3.8, 4) is 17.0 Å². The second-order valence-corrected chi connectivity index (χ2v) is 4.05.